The third-order valence-electron chi connectivity index (χ3n) is 6.45. The summed E-state index contributed by atoms with van der Waals surface area (Å²) in [6.45, 7) is 8.36. The van der Waals surface area contributed by atoms with Crippen LogP contribution in [0.1, 0.15) is 39.7 Å². The minimum atomic E-state index is -1.12. The molecule has 0 radical (unpaired) electrons. The van der Waals surface area contributed by atoms with Crippen molar-refractivity contribution in [2.24, 2.45) is 5.73 Å². The summed E-state index contributed by atoms with van der Waals surface area (Å²) in [5, 5.41) is 11.8. The maximum atomic E-state index is 12.7. The van der Waals surface area contributed by atoms with Crippen LogP contribution in [0.2, 0.25) is 0 Å². The highest BCUT2D eigenvalue weighted by Crippen LogP contribution is 2.36. The molecule has 2 saturated heterocycles. The number of benzene rings is 1. The fraction of sp³-hybridized carbons (Fsp3) is 0.591. The molecule has 3 amide bonds. The number of hydrogen-bond acceptors (Lipinski definition) is 6. The van der Waals surface area contributed by atoms with Gasteiger partial charge in [-0.1, -0.05) is 24.3 Å². The quantitative estimate of drug-likeness (QED) is 0.517. The highest BCUT2D eigenvalue weighted by molar-refractivity contribution is 6.62. The molecule has 1 aromatic rings. The Hall–Kier alpha value is -2.63. The Labute approximate surface area is 193 Å². The second-order valence-electron chi connectivity index (χ2n) is 9.44. The van der Waals surface area contributed by atoms with Gasteiger partial charge in [-0.3, -0.25) is 9.59 Å². The molecule has 33 heavy (non-hydrogen) atoms. The molecule has 4 N–H and O–H groups in total. The van der Waals surface area contributed by atoms with Gasteiger partial charge in [0.25, 0.3) is 5.91 Å². The van der Waals surface area contributed by atoms with E-state index < -0.39 is 48.4 Å². The number of amides is 3. The number of rotatable bonds is 6. The number of nitrogens with two attached hydrogens (primary N) is 1. The lowest BCUT2D eigenvalue weighted by molar-refractivity contribution is -0.135. The van der Waals surface area contributed by atoms with Crippen LogP contribution in [0.25, 0.3) is 0 Å². The summed E-state index contributed by atoms with van der Waals surface area (Å²) < 4.78 is 17.6. The van der Waals surface area contributed by atoms with E-state index in [4.69, 9.17) is 19.8 Å². The molecule has 180 valence electrons. The Kier molecular flexibility index (Phi) is 7.35. The summed E-state index contributed by atoms with van der Waals surface area (Å²) in [4.78, 5) is 37.1. The van der Waals surface area contributed by atoms with Crippen LogP contribution in [-0.4, -0.2) is 78.1 Å². The molecule has 2 fully saturated rings. The van der Waals surface area contributed by atoms with Crippen molar-refractivity contribution in [3.8, 4) is 0 Å². The van der Waals surface area contributed by atoms with E-state index in [1.165, 1.54) is 0 Å². The summed E-state index contributed by atoms with van der Waals surface area (Å²) in [5.74, 6) is -1.26. The second kappa shape index (κ2) is 9.70. The van der Waals surface area contributed by atoms with E-state index in [0.717, 1.165) is 15.9 Å². The zero-order valence-electron chi connectivity index (χ0n) is 19.5. The van der Waals surface area contributed by atoms with Crippen molar-refractivity contribution in [2.45, 2.75) is 63.9 Å². The van der Waals surface area contributed by atoms with Crippen molar-refractivity contribution < 1.29 is 33.5 Å². The van der Waals surface area contributed by atoms with Crippen molar-refractivity contribution in [2.75, 3.05) is 19.7 Å². The maximum Gasteiger partial charge on any atom is 0.494 e. The summed E-state index contributed by atoms with van der Waals surface area (Å²) >= 11 is 0. The summed E-state index contributed by atoms with van der Waals surface area (Å²) in [7, 11) is -0.500. The van der Waals surface area contributed by atoms with Crippen molar-refractivity contribution in [1.29, 1.82) is 0 Å². The number of carbonyl (C=O) groups is 3. The van der Waals surface area contributed by atoms with Gasteiger partial charge in [0.05, 0.1) is 17.7 Å². The number of carbonyl (C=O) groups excluding carboxylic acids is 2. The molecule has 0 bridgehead atoms. The Morgan fingerprint density at radius 1 is 1.18 bits per heavy atom. The molecule has 2 heterocycles. The molecular formula is C22H32BN3O7. The molecule has 1 unspecified atom stereocenters. The number of primary amides is 1. The van der Waals surface area contributed by atoms with Gasteiger partial charge in [-0.15, -0.1) is 0 Å². The van der Waals surface area contributed by atoms with Gasteiger partial charge in [-0.05, 0) is 45.1 Å². The molecule has 0 aliphatic carbocycles. The van der Waals surface area contributed by atoms with Gasteiger partial charge in [0.2, 0.25) is 5.91 Å². The van der Waals surface area contributed by atoms with E-state index in [1.807, 2.05) is 52.0 Å². The average molecular weight is 461 g/mol. The van der Waals surface area contributed by atoms with Gasteiger partial charge in [0.1, 0.15) is 6.04 Å². The fourth-order valence-corrected chi connectivity index (χ4v) is 3.67. The van der Waals surface area contributed by atoms with Gasteiger partial charge in [0, 0.05) is 19.6 Å². The standard InChI is InChI=1S/C22H32BN3O7/c1-21(2)22(3,4)33-23(32-21)15-8-6-14(7-9-15)12-16(18(24)27)25-19(28)17-13-26(20(29)30)10-5-11-31-17/h6-9,16-17H,5,10-13H2,1-4H3,(H2,24,27)(H,25,28)(H,29,30)/t16-,17?/m0/s1. The Bertz CT molecular complexity index is 874. The molecule has 2 aliphatic rings. The van der Waals surface area contributed by atoms with Gasteiger partial charge >= 0.3 is 13.2 Å². The molecule has 0 spiro atoms. The van der Waals surface area contributed by atoms with Crippen LogP contribution in [-0.2, 0) is 30.1 Å². The molecule has 3 rings (SSSR count). The van der Waals surface area contributed by atoms with Crippen molar-refractivity contribution in [3.05, 3.63) is 29.8 Å². The Morgan fingerprint density at radius 2 is 1.79 bits per heavy atom. The van der Waals surface area contributed by atoms with Crippen LogP contribution in [0.4, 0.5) is 4.79 Å². The first-order chi connectivity index (χ1) is 15.4. The molecule has 0 aromatic heterocycles. The van der Waals surface area contributed by atoms with Crippen LogP contribution < -0.4 is 16.5 Å². The summed E-state index contributed by atoms with van der Waals surface area (Å²) in [6, 6.07) is 6.41. The maximum absolute atomic E-state index is 12.7. The van der Waals surface area contributed by atoms with E-state index in [-0.39, 0.29) is 26.1 Å². The van der Waals surface area contributed by atoms with Crippen molar-refractivity contribution >= 4 is 30.5 Å². The van der Waals surface area contributed by atoms with E-state index in [9.17, 15) is 19.5 Å². The minimum absolute atomic E-state index is 0.102. The lowest BCUT2D eigenvalue weighted by Gasteiger charge is -2.32. The average Bonchev–Trinajstić information content (AvgIpc) is 2.90. The van der Waals surface area contributed by atoms with E-state index in [2.05, 4.69) is 5.32 Å². The summed E-state index contributed by atoms with van der Waals surface area (Å²) in [5.41, 5.74) is 6.25. The van der Waals surface area contributed by atoms with Crippen LogP contribution in [0.5, 0.6) is 0 Å². The van der Waals surface area contributed by atoms with Crippen LogP contribution in [0, 0.1) is 0 Å². The highest BCUT2D eigenvalue weighted by Gasteiger charge is 2.51. The second-order valence-corrected chi connectivity index (χ2v) is 9.44. The molecule has 0 saturated carbocycles. The molecule has 2 aliphatic heterocycles. The van der Waals surface area contributed by atoms with Crippen molar-refractivity contribution in [3.63, 3.8) is 0 Å². The lowest BCUT2D eigenvalue weighted by atomic mass is 9.78. The predicted molar refractivity (Wildman–Crippen MR) is 121 cm³/mol. The smallest absolute Gasteiger partial charge is 0.465 e. The zero-order valence-corrected chi connectivity index (χ0v) is 19.5. The third-order valence-corrected chi connectivity index (χ3v) is 6.45. The lowest BCUT2D eigenvalue weighted by Crippen LogP contribution is -2.52. The largest absolute Gasteiger partial charge is 0.494 e. The summed E-state index contributed by atoms with van der Waals surface area (Å²) in [6.07, 6.45) is -1.45. The van der Waals surface area contributed by atoms with Gasteiger partial charge in [0.15, 0.2) is 6.10 Å². The van der Waals surface area contributed by atoms with Gasteiger partial charge < -0.3 is 35.1 Å². The Balaban J connectivity index is 1.63. The molecular weight excluding hydrogens is 429 g/mol. The fourth-order valence-electron chi connectivity index (χ4n) is 3.67. The number of hydrogen-bond donors (Lipinski definition) is 3. The minimum Gasteiger partial charge on any atom is -0.465 e. The molecule has 11 heteroatoms. The van der Waals surface area contributed by atoms with Crippen molar-refractivity contribution in [1.82, 2.24) is 10.2 Å². The third kappa shape index (κ3) is 5.84. The topological polar surface area (TPSA) is 140 Å². The monoisotopic (exact) mass is 461 g/mol. The zero-order chi connectivity index (χ0) is 24.4. The number of carboxylic acid groups (broad SMARTS) is 1. The van der Waals surface area contributed by atoms with Crippen LogP contribution in [0.15, 0.2) is 24.3 Å². The normalized spacial score (nSPS) is 23.0. The molecule has 1 aromatic carbocycles. The number of nitrogens with zero attached hydrogens (tertiary/aromatic N) is 1. The van der Waals surface area contributed by atoms with E-state index in [0.29, 0.717) is 6.42 Å². The van der Waals surface area contributed by atoms with Gasteiger partial charge in [-0.25, -0.2) is 4.79 Å². The number of ether oxygens (including phenoxy) is 1. The van der Waals surface area contributed by atoms with Crippen LogP contribution >= 0.6 is 0 Å². The first-order valence-electron chi connectivity index (χ1n) is 11.0. The molecule has 2 atom stereocenters. The number of nitrogens with one attached hydrogen (secondary N) is 1. The predicted octanol–water partition coefficient (Wildman–Crippen LogP) is 0.267. The SMILES string of the molecule is CC1(C)OB(c2ccc(C[C@H](NC(=O)C3CN(C(=O)O)CCCO3)C(N)=O)cc2)OC1(C)C. The first kappa shape index (κ1) is 25.0. The van der Waals surface area contributed by atoms with Gasteiger partial charge in [-0.2, -0.15) is 0 Å². The first-order valence-corrected chi connectivity index (χ1v) is 11.0. The molecule has 10 nitrogen and oxygen atoms in total. The van der Waals surface area contributed by atoms with E-state index >= 15 is 0 Å². The van der Waals surface area contributed by atoms with Crippen LogP contribution in [0.3, 0.4) is 0 Å². The Morgan fingerprint density at radius 3 is 2.33 bits per heavy atom. The highest BCUT2D eigenvalue weighted by atomic mass is 16.7. The van der Waals surface area contributed by atoms with E-state index in [1.54, 1.807) is 0 Å².